The average Bonchev–Trinajstić information content (AvgIpc) is 2.90. The SMILES string of the molecule is COCCC(C)(C)CNc1ncnc2sc3c(c12)CCCC3. The molecule has 0 aliphatic heterocycles. The van der Waals surface area contributed by atoms with E-state index in [0.29, 0.717) is 0 Å². The van der Waals surface area contributed by atoms with Crippen LogP contribution in [-0.4, -0.2) is 30.2 Å². The first-order chi connectivity index (χ1) is 10.6. The van der Waals surface area contributed by atoms with Crippen molar-refractivity contribution in [3.63, 3.8) is 0 Å². The van der Waals surface area contributed by atoms with Gasteiger partial charge in [-0.15, -0.1) is 11.3 Å². The van der Waals surface area contributed by atoms with Crippen molar-refractivity contribution in [3.8, 4) is 0 Å². The number of fused-ring (bicyclic) bond motifs is 3. The Balaban J connectivity index is 1.83. The van der Waals surface area contributed by atoms with Gasteiger partial charge < -0.3 is 10.1 Å². The molecule has 0 unspecified atom stereocenters. The maximum atomic E-state index is 5.21. The van der Waals surface area contributed by atoms with Crippen molar-refractivity contribution in [3.05, 3.63) is 16.8 Å². The minimum Gasteiger partial charge on any atom is -0.385 e. The summed E-state index contributed by atoms with van der Waals surface area (Å²) in [6.07, 6.45) is 7.69. The maximum absolute atomic E-state index is 5.21. The lowest BCUT2D eigenvalue weighted by molar-refractivity contribution is 0.157. The summed E-state index contributed by atoms with van der Waals surface area (Å²) >= 11 is 1.85. The third-order valence-corrected chi connectivity index (χ3v) is 5.67. The topological polar surface area (TPSA) is 47.0 Å². The number of rotatable bonds is 6. The molecule has 2 heterocycles. The van der Waals surface area contributed by atoms with Gasteiger partial charge in [0.25, 0.3) is 0 Å². The molecule has 1 N–H and O–H groups in total. The Kier molecular flexibility index (Phi) is 4.64. The summed E-state index contributed by atoms with van der Waals surface area (Å²) in [7, 11) is 1.76. The smallest absolute Gasteiger partial charge is 0.138 e. The summed E-state index contributed by atoms with van der Waals surface area (Å²) in [5.74, 6) is 1.01. The molecule has 120 valence electrons. The number of methoxy groups -OCH3 is 1. The fraction of sp³-hybridized carbons (Fsp3) is 0.647. The standard InChI is InChI=1S/C17H25N3OS/c1-17(2,8-9-21-3)10-18-15-14-12-6-4-5-7-13(12)22-16(14)20-11-19-15/h11H,4-10H2,1-3H3,(H,18,19,20). The number of nitrogens with one attached hydrogen (secondary N) is 1. The highest BCUT2D eigenvalue weighted by Gasteiger charge is 2.22. The minimum atomic E-state index is 0.184. The highest BCUT2D eigenvalue weighted by Crippen LogP contribution is 2.38. The number of anilines is 1. The van der Waals surface area contributed by atoms with Crippen molar-refractivity contribution in [2.45, 2.75) is 46.0 Å². The van der Waals surface area contributed by atoms with Crippen LogP contribution in [0, 0.1) is 5.41 Å². The summed E-state index contributed by atoms with van der Waals surface area (Å²) in [5.41, 5.74) is 1.67. The van der Waals surface area contributed by atoms with Crippen molar-refractivity contribution < 1.29 is 4.74 Å². The first-order valence-corrected chi connectivity index (χ1v) is 8.90. The molecule has 0 radical (unpaired) electrons. The summed E-state index contributed by atoms with van der Waals surface area (Å²) < 4.78 is 5.21. The van der Waals surface area contributed by atoms with Crippen molar-refractivity contribution in [1.29, 1.82) is 0 Å². The van der Waals surface area contributed by atoms with Gasteiger partial charge in [-0.1, -0.05) is 13.8 Å². The number of hydrogen-bond acceptors (Lipinski definition) is 5. The zero-order valence-corrected chi connectivity index (χ0v) is 14.6. The van der Waals surface area contributed by atoms with Crippen LogP contribution in [0.2, 0.25) is 0 Å². The van der Waals surface area contributed by atoms with Gasteiger partial charge >= 0.3 is 0 Å². The fourth-order valence-electron chi connectivity index (χ4n) is 3.01. The van der Waals surface area contributed by atoms with E-state index in [4.69, 9.17) is 4.74 Å². The maximum Gasteiger partial charge on any atom is 0.138 e. The van der Waals surface area contributed by atoms with E-state index in [1.54, 1.807) is 13.4 Å². The number of nitrogens with zero attached hydrogens (tertiary/aromatic N) is 2. The van der Waals surface area contributed by atoms with Crippen LogP contribution in [0.15, 0.2) is 6.33 Å². The predicted octanol–water partition coefficient (Wildman–Crippen LogP) is 4.04. The molecule has 5 heteroatoms. The van der Waals surface area contributed by atoms with E-state index in [-0.39, 0.29) is 5.41 Å². The Morgan fingerprint density at radius 3 is 2.91 bits per heavy atom. The van der Waals surface area contributed by atoms with Gasteiger partial charge in [0.05, 0.1) is 5.39 Å². The molecule has 4 nitrogen and oxygen atoms in total. The number of aromatic nitrogens is 2. The first-order valence-electron chi connectivity index (χ1n) is 8.09. The van der Waals surface area contributed by atoms with Gasteiger partial charge in [-0.05, 0) is 43.1 Å². The summed E-state index contributed by atoms with van der Waals surface area (Å²) in [4.78, 5) is 11.7. The molecule has 0 bridgehead atoms. The Bertz CT molecular complexity index is 651. The highest BCUT2D eigenvalue weighted by molar-refractivity contribution is 7.19. The van der Waals surface area contributed by atoms with E-state index in [1.165, 1.54) is 41.5 Å². The second-order valence-electron chi connectivity index (χ2n) is 6.87. The van der Waals surface area contributed by atoms with Crippen LogP contribution in [0.1, 0.15) is 43.6 Å². The van der Waals surface area contributed by atoms with Gasteiger partial charge in [-0.25, -0.2) is 9.97 Å². The van der Waals surface area contributed by atoms with Crippen LogP contribution in [0.25, 0.3) is 10.2 Å². The van der Waals surface area contributed by atoms with Gasteiger partial charge in [0.15, 0.2) is 0 Å². The Hall–Kier alpha value is -1.20. The van der Waals surface area contributed by atoms with Crippen molar-refractivity contribution in [2.24, 2.45) is 5.41 Å². The van der Waals surface area contributed by atoms with E-state index in [9.17, 15) is 0 Å². The number of hydrogen-bond donors (Lipinski definition) is 1. The third kappa shape index (κ3) is 3.25. The first kappa shape index (κ1) is 15.7. The number of ether oxygens (including phenoxy) is 1. The zero-order chi connectivity index (χ0) is 15.6. The molecular formula is C17H25N3OS. The lowest BCUT2D eigenvalue weighted by atomic mass is 9.89. The van der Waals surface area contributed by atoms with E-state index in [0.717, 1.165) is 30.2 Å². The molecule has 0 aromatic carbocycles. The van der Waals surface area contributed by atoms with E-state index in [2.05, 4.69) is 29.1 Å². The normalized spacial score (nSPS) is 15.0. The number of thiophene rings is 1. The Morgan fingerprint density at radius 1 is 1.27 bits per heavy atom. The number of aryl methyl sites for hydroxylation is 2. The molecule has 22 heavy (non-hydrogen) atoms. The fourth-order valence-corrected chi connectivity index (χ4v) is 4.24. The molecule has 2 aromatic rings. The lowest BCUT2D eigenvalue weighted by Crippen LogP contribution is -2.25. The van der Waals surface area contributed by atoms with Crippen LogP contribution in [0.5, 0.6) is 0 Å². The van der Waals surface area contributed by atoms with Crippen molar-refractivity contribution in [2.75, 3.05) is 25.6 Å². The summed E-state index contributed by atoms with van der Waals surface area (Å²) in [5, 5.41) is 4.84. The minimum absolute atomic E-state index is 0.184. The molecule has 0 saturated carbocycles. The van der Waals surface area contributed by atoms with Crippen LogP contribution < -0.4 is 5.32 Å². The van der Waals surface area contributed by atoms with Crippen LogP contribution in [0.4, 0.5) is 5.82 Å². The lowest BCUT2D eigenvalue weighted by Gasteiger charge is -2.25. The van der Waals surface area contributed by atoms with Gasteiger partial charge in [-0.3, -0.25) is 0 Å². The van der Waals surface area contributed by atoms with Crippen molar-refractivity contribution in [1.82, 2.24) is 9.97 Å². The van der Waals surface area contributed by atoms with Gasteiger partial charge in [-0.2, -0.15) is 0 Å². The molecule has 0 spiro atoms. The van der Waals surface area contributed by atoms with Gasteiger partial charge in [0.1, 0.15) is 17.0 Å². The van der Waals surface area contributed by atoms with Gasteiger partial charge in [0.2, 0.25) is 0 Å². The van der Waals surface area contributed by atoms with E-state index < -0.39 is 0 Å². The molecule has 0 amide bonds. The third-order valence-electron chi connectivity index (χ3n) is 4.47. The average molecular weight is 319 g/mol. The molecule has 0 atom stereocenters. The molecule has 0 fully saturated rings. The molecule has 0 saturated heterocycles. The summed E-state index contributed by atoms with van der Waals surface area (Å²) in [6.45, 7) is 6.22. The van der Waals surface area contributed by atoms with E-state index in [1.807, 2.05) is 11.3 Å². The van der Waals surface area contributed by atoms with E-state index >= 15 is 0 Å². The highest BCUT2D eigenvalue weighted by atomic mass is 32.1. The predicted molar refractivity (Wildman–Crippen MR) is 92.8 cm³/mol. The zero-order valence-electron chi connectivity index (χ0n) is 13.7. The van der Waals surface area contributed by atoms with Crippen LogP contribution in [0.3, 0.4) is 0 Å². The molecule has 2 aromatic heterocycles. The molecule has 1 aliphatic carbocycles. The van der Waals surface area contributed by atoms with Crippen molar-refractivity contribution >= 4 is 27.4 Å². The Morgan fingerprint density at radius 2 is 2.09 bits per heavy atom. The largest absolute Gasteiger partial charge is 0.385 e. The molecule has 3 rings (SSSR count). The van der Waals surface area contributed by atoms with Gasteiger partial charge in [0, 0.05) is 25.1 Å². The summed E-state index contributed by atoms with van der Waals surface area (Å²) in [6, 6.07) is 0. The Labute approximate surface area is 136 Å². The molecule has 1 aliphatic rings. The monoisotopic (exact) mass is 319 g/mol. The quantitative estimate of drug-likeness (QED) is 0.873. The van der Waals surface area contributed by atoms with Crippen LogP contribution in [-0.2, 0) is 17.6 Å². The molecular weight excluding hydrogens is 294 g/mol. The van der Waals surface area contributed by atoms with Crippen LogP contribution >= 0.6 is 11.3 Å². The second-order valence-corrected chi connectivity index (χ2v) is 7.96. The second kappa shape index (κ2) is 6.50.